The lowest BCUT2D eigenvalue weighted by Gasteiger charge is -2.10. The van der Waals surface area contributed by atoms with Crippen molar-refractivity contribution < 1.29 is 15.0 Å². The van der Waals surface area contributed by atoms with Crippen LogP contribution in [0, 0.1) is 0 Å². The van der Waals surface area contributed by atoms with E-state index in [1.165, 1.54) is 0 Å². The molecule has 0 radical (unpaired) electrons. The summed E-state index contributed by atoms with van der Waals surface area (Å²) >= 11 is 11.5. The number of carbonyl (C=O) groups is 1. The quantitative estimate of drug-likeness (QED) is 0.862. The van der Waals surface area contributed by atoms with Gasteiger partial charge < -0.3 is 10.2 Å². The van der Waals surface area contributed by atoms with Crippen LogP contribution in [0.25, 0.3) is 0 Å². The van der Waals surface area contributed by atoms with Crippen LogP contribution in [0.5, 0.6) is 0 Å². The first-order valence-electron chi connectivity index (χ1n) is 4.35. The van der Waals surface area contributed by atoms with E-state index in [1.807, 2.05) is 0 Å². The largest absolute Gasteiger partial charge is 0.481 e. The van der Waals surface area contributed by atoms with E-state index in [2.05, 4.69) is 0 Å². The van der Waals surface area contributed by atoms with Gasteiger partial charge in [-0.2, -0.15) is 0 Å². The Hall–Kier alpha value is -0.770. The zero-order chi connectivity index (χ0) is 11.4. The molecule has 0 bridgehead atoms. The van der Waals surface area contributed by atoms with E-state index in [0.717, 1.165) is 0 Å². The Morgan fingerprint density at radius 1 is 1.27 bits per heavy atom. The molecule has 15 heavy (non-hydrogen) atoms. The van der Waals surface area contributed by atoms with Crippen molar-refractivity contribution in [3.05, 3.63) is 33.8 Å². The Labute approximate surface area is 97.2 Å². The third kappa shape index (κ3) is 4.08. The summed E-state index contributed by atoms with van der Waals surface area (Å²) in [5.41, 5.74) is 0.536. The lowest BCUT2D eigenvalue weighted by molar-refractivity contribution is -0.137. The second-order valence-electron chi connectivity index (χ2n) is 3.15. The molecule has 0 spiro atoms. The zero-order valence-corrected chi connectivity index (χ0v) is 9.29. The lowest BCUT2D eigenvalue weighted by Crippen LogP contribution is -2.02. The number of benzene rings is 1. The van der Waals surface area contributed by atoms with Gasteiger partial charge in [0, 0.05) is 16.5 Å². The van der Waals surface area contributed by atoms with E-state index in [4.69, 9.17) is 28.3 Å². The fourth-order valence-electron chi connectivity index (χ4n) is 1.19. The van der Waals surface area contributed by atoms with Crippen LogP contribution in [0.3, 0.4) is 0 Å². The number of aliphatic carboxylic acids is 1. The number of rotatable bonds is 4. The van der Waals surface area contributed by atoms with Crippen LogP contribution in [0.4, 0.5) is 0 Å². The molecule has 0 aliphatic heterocycles. The van der Waals surface area contributed by atoms with Gasteiger partial charge in [0.05, 0.1) is 6.10 Å². The van der Waals surface area contributed by atoms with Gasteiger partial charge in [-0.25, -0.2) is 0 Å². The highest BCUT2D eigenvalue weighted by Gasteiger charge is 2.11. The number of aliphatic hydroxyl groups is 1. The van der Waals surface area contributed by atoms with Crippen molar-refractivity contribution in [1.29, 1.82) is 0 Å². The summed E-state index contributed by atoms with van der Waals surface area (Å²) in [4.78, 5) is 10.3. The molecule has 0 saturated carbocycles. The topological polar surface area (TPSA) is 57.5 Å². The number of aliphatic hydroxyl groups excluding tert-OH is 1. The van der Waals surface area contributed by atoms with E-state index in [0.29, 0.717) is 15.6 Å². The summed E-state index contributed by atoms with van der Waals surface area (Å²) in [5, 5.41) is 18.9. The molecule has 1 unspecified atom stereocenters. The molecule has 82 valence electrons. The predicted molar refractivity (Wildman–Crippen MR) is 58.3 cm³/mol. The molecule has 0 aromatic heterocycles. The Bertz CT molecular complexity index is 345. The lowest BCUT2D eigenvalue weighted by atomic mass is 10.1. The van der Waals surface area contributed by atoms with Crippen molar-refractivity contribution >= 4 is 29.2 Å². The molecule has 1 aromatic carbocycles. The minimum Gasteiger partial charge on any atom is -0.481 e. The number of hydrogen-bond donors (Lipinski definition) is 2. The molecule has 0 saturated heterocycles. The second-order valence-corrected chi connectivity index (χ2v) is 4.02. The molecular formula is C10H10Cl2O3. The van der Waals surface area contributed by atoms with Gasteiger partial charge in [-0.1, -0.05) is 23.2 Å². The van der Waals surface area contributed by atoms with Crippen molar-refractivity contribution in [2.24, 2.45) is 0 Å². The monoisotopic (exact) mass is 248 g/mol. The summed E-state index contributed by atoms with van der Waals surface area (Å²) in [7, 11) is 0. The smallest absolute Gasteiger partial charge is 0.303 e. The van der Waals surface area contributed by atoms with Crippen molar-refractivity contribution in [3.8, 4) is 0 Å². The maximum atomic E-state index is 10.3. The first-order valence-corrected chi connectivity index (χ1v) is 5.10. The minimum absolute atomic E-state index is 0.0920. The highest BCUT2D eigenvalue weighted by Crippen LogP contribution is 2.25. The van der Waals surface area contributed by atoms with Gasteiger partial charge in [-0.05, 0) is 30.2 Å². The number of halogens is 2. The predicted octanol–water partition coefficient (Wildman–Crippen LogP) is 2.89. The maximum Gasteiger partial charge on any atom is 0.303 e. The SMILES string of the molecule is O=C(O)CCC(O)c1cc(Cl)cc(Cl)c1. The molecule has 1 atom stereocenters. The van der Waals surface area contributed by atoms with Crippen molar-refractivity contribution in [2.75, 3.05) is 0 Å². The van der Waals surface area contributed by atoms with Crippen LogP contribution in [-0.2, 0) is 4.79 Å². The van der Waals surface area contributed by atoms with E-state index in [-0.39, 0.29) is 12.8 Å². The van der Waals surface area contributed by atoms with Gasteiger partial charge >= 0.3 is 5.97 Å². The average molecular weight is 249 g/mol. The van der Waals surface area contributed by atoms with Crippen molar-refractivity contribution in [1.82, 2.24) is 0 Å². The molecule has 0 aliphatic rings. The molecule has 0 amide bonds. The molecular weight excluding hydrogens is 239 g/mol. The fraction of sp³-hybridized carbons (Fsp3) is 0.300. The third-order valence-corrected chi connectivity index (χ3v) is 2.34. The first-order chi connectivity index (χ1) is 6.99. The Balaban J connectivity index is 2.72. The Kier molecular flexibility index (Phi) is 4.39. The molecule has 2 N–H and O–H groups in total. The molecule has 0 aliphatic carbocycles. The molecule has 3 nitrogen and oxygen atoms in total. The number of carboxylic acids is 1. The zero-order valence-electron chi connectivity index (χ0n) is 7.78. The van der Waals surface area contributed by atoms with E-state index < -0.39 is 12.1 Å². The maximum absolute atomic E-state index is 10.3. The van der Waals surface area contributed by atoms with E-state index >= 15 is 0 Å². The normalized spacial score (nSPS) is 12.5. The van der Waals surface area contributed by atoms with Crippen molar-refractivity contribution in [3.63, 3.8) is 0 Å². The Morgan fingerprint density at radius 3 is 2.27 bits per heavy atom. The summed E-state index contributed by atoms with van der Waals surface area (Å²) in [6.07, 6.45) is -0.797. The average Bonchev–Trinajstić information content (AvgIpc) is 2.12. The number of carboxylic acid groups (broad SMARTS) is 1. The van der Waals surface area contributed by atoms with Gasteiger partial charge in [0.2, 0.25) is 0 Å². The van der Waals surface area contributed by atoms with Gasteiger partial charge in [-0.15, -0.1) is 0 Å². The van der Waals surface area contributed by atoms with Gasteiger partial charge in [0.15, 0.2) is 0 Å². The Morgan fingerprint density at radius 2 is 1.80 bits per heavy atom. The van der Waals surface area contributed by atoms with E-state index in [1.54, 1.807) is 18.2 Å². The van der Waals surface area contributed by atoms with Crippen molar-refractivity contribution in [2.45, 2.75) is 18.9 Å². The first kappa shape index (κ1) is 12.3. The third-order valence-electron chi connectivity index (χ3n) is 1.90. The van der Waals surface area contributed by atoms with Crippen LogP contribution in [0.2, 0.25) is 10.0 Å². The molecule has 1 aromatic rings. The summed E-state index contributed by atoms with van der Waals surface area (Å²) in [6.45, 7) is 0. The van der Waals surface area contributed by atoms with Gasteiger partial charge in [-0.3, -0.25) is 4.79 Å². The standard InChI is InChI=1S/C10H10Cl2O3/c11-7-3-6(4-8(12)5-7)9(13)1-2-10(14)15/h3-5,9,13H,1-2H2,(H,14,15). The van der Waals surface area contributed by atoms with Gasteiger partial charge in [0.1, 0.15) is 0 Å². The van der Waals surface area contributed by atoms with Crippen LogP contribution < -0.4 is 0 Å². The second kappa shape index (κ2) is 5.35. The highest BCUT2D eigenvalue weighted by atomic mass is 35.5. The fourth-order valence-corrected chi connectivity index (χ4v) is 1.74. The molecule has 5 heteroatoms. The minimum atomic E-state index is -0.942. The molecule has 1 rings (SSSR count). The summed E-state index contributed by atoms with van der Waals surface area (Å²) in [6, 6.07) is 4.69. The highest BCUT2D eigenvalue weighted by molar-refractivity contribution is 6.34. The van der Waals surface area contributed by atoms with Crippen LogP contribution in [-0.4, -0.2) is 16.2 Å². The van der Waals surface area contributed by atoms with Crippen LogP contribution in [0.15, 0.2) is 18.2 Å². The summed E-state index contributed by atoms with van der Waals surface area (Å²) < 4.78 is 0. The van der Waals surface area contributed by atoms with Crippen LogP contribution >= 0.6 is 23.2 Å². The van der Waals surface area contributed by atoms with E-state index in [9.17, 15) is 9.90 Å². The molecule has 0 fully saturated rings. The summed E-state index contributed by atoms with van der Waals surface area (Å²) in [5.74, 6) is -0.942. The number of hydrogen-bond acceptors (Lipinski definition) is 2. The molecule has 0 heterocycles. The van der Waals surface area contributed by atoms with Gasteiger partial charge in [0.25, 0.3) is 0 Å². The van der Waals surface area contributed by atoms with Crippen LogP contribution in [0.1, 0.15) is 24.5 Å².